The number of carbonyl (C=O) groups excluding carboxylic acids is 1. The molecule has 0 aliphatic rings. The third kappa shape index (κ3) is 4.64. The van der Waals surface area contributed by atoms with Crippen LogP contribution in [0.25, 0.3) is 0 Å². The van der Waals surface area contributed by atoms with E-state index in [0.717, 1.165) is 11.3 Å². The summed E-state index contributed by atoms with van der Waals surface area (Å²) < 4.78 is 18.6. The highest BCUT2D eigenvalue weighted by Crippen LogP contribution is 2.17. The van der Waals surface area contributed by atoms with Gasteiger partial charge in [-0.1, -0.05) is 12.1 Å². The Balaban J connectivity index is 1.57. The van der Waals surface area contributed by atoms with Crippen molar-refractivity contribution in [3.8, 4) is 5.75 Å². The minimum Gasteiger partial charge on any atom is -0.487 e. The van der Waals surface area contributed by atoms with Crippen molar-refractivity contribution in [1.82, 2.24) is 10.3 Å². The molecular weight excluding hydrogens is 339 g/mol. The maximum atomic E-state index is 13.0. The van der Waals surface area contributed by atoms with Gasteiger partial charge in [-0.3, -0.25) is 4.79 Å². The number of halogens is 1. The van der Waals surface area contributed by atoms with Crippen molar-refractivity contribution < 1.29 is 13.9 Å². The first-order valence-corrected chi connectivity index (χ1v) is 8.72. The molecule has 0 radical (unpaired) electrons. The summed E-state index contributed by atoms with van der Waals surface area (Å²) in [5.74, 6) is 0.189. The Morgan fingerprint density at radius 1 is 1.20 bits per heavy atom. The predicted octanol–water partition coefficient (Wildman–Crippen LogP) is 4.35. The number of thiazole rings is 1. The van der Waals surface area contributed by atoms with Crippen molar-refractivity contribution in [1.29, 1.82) is 0 Å². The first-order valence-electron chi connectivity index (χ1n) is 7.78. The van der Waals surface area contributed by atoms with Gasteiger partial charge >= 0.3 is 0 Å². The number of nitrogens with one attached hydrogen (secondary N) is 1. The van der Waals surface area contributed by atoms with Crippen LogP contribution in [0.15, 0.2) is 59.4 Å². The molecular formula is C19H17FN2O2S. The van der Waals surface area contributed by atoms with Crippen LogP contribution in [0.4, 0.5) is 4.39 Å². The Kier molecular flexibility index (Phi) is 5.40. The van der Waals surface area contributed by atoms with Crippen molar-refractivity contribution in [2.45, 2.75) is 19.6 Å². The zero-order chi connectivity index (χ0) is 17.6. The van der Waals surface area contributed by atoms with Crippen molar-refractivity contribution in [2.24, 2.45) is 0 Å². The summed E-state index contributed by atoms with van der Waals surface area (Å²) >= 11 is 1.52. The fourth-order valence-corrected chi connectivity index (χ4v) is 2.83. The highest BCUT2D eigenvalue weighted by atomic mass is 32.1. The number of hydrogen-bond acceptors (Lipinski definition) is 4. The van der Waals surface area contributed by atoms with Gasteiger partial charge in [-0.15, -0.1) is 11.3 Å². The van der Waals surface area contributed by atoms with Crippen LogP contribution in [0.2, 0.25) is 0 Å². The van der Waals surface area contributed by atoms with E-state index in [1.807, 2.05) is 12.3 Å². The molecule has 0 aliphatic carbocycles. The summed E-state index contributed by atoms with van der Waals surface area (Å²) in [5.41, 5.74) is 4.02. The number of benzene rings is 2. The molecule has 1 N–H and O–H groups in total. The van der Waals surface area contributed by atoms with Gasteiger partial charge in [0.2, 0.25) is 0 Å². The first kappa shape index (κ1) is 17.1. The number of carbonyl (C=O) groups is 1. The van der Waals surface area contributed by atoms with Crippen molar-refractivity contribution in [2.75, 3.05) is 0 Å². The molecule has 128 valence electrons. The van der Waals surface area contributed by atoms with Crippen molar-refractivity contribution in [3.63, 3.8) is 0 Å². The van der Waals surface area contributed by atoms with E-state index < -0.39 is 0 Å². The van der Waals surface area contributed by atoms with E-state index in [4.69, 9.17) is 4.74 Å². The van der Waals surface area contributed by atoms with Crippen LogP contribution in [0.1, 0.15) is 34.6 Å². The fourth-order valence-electron chi connectivity index (χ4n) is 2.28. The lowest BCUT2D eigenvalue weighted by Gasteiger charge is -2.14. The molecule has 1 atom stereocenters. The average Bonchev–Trinajstić information content (AvgIpc) is 3.14. The van der Waals surface area contributed by atoms with Crippen LogP contribution >= 0.6 is 11.3 Å². The molecule has 25 heavy (non-hydrogen) atoms. The summed E-state index contributed by atoms with van der Waals surface area (Å²) in [5, 5.41) is 4.82. The lowest BCUT2D eigenvalue weighted by atomic mass is 10.1. The van der Waals surface area contributed by atoms with Crippen LogP contribution in [0, 0.1) is 5.82 Å². The summed E-state index contributed by atoms with van der Waals surface area (Å²) in [6.07, 6.45) is 0. The van der Waals surface area contributed by atoms with Crippen LogP contribution < -0.4 is 10.1 Å². The van der Waals surface area contributed by atoms with Gasteiger partial charge in [-0.2, -0.15) is 0 Å². The highest BCUT2D eigenvalue weighted by molar-refractivity contribution is 7.07. The molecule has 1 amide bonds. The van der Waals surface area contributed by atoms with Gasteiger partial charge in [0.15, 0.2) is 0 Å². The van der Waals surface area contributed by atoms with E-state index in [0.29, 0.717) is 17.9 Å². The molecule has 0 aliphatic heterocycles. The Bertz CT molecular complexity index is 818. The standard InChI is InChI=1S/C19H17FN2O2S/c1-13(14-2-6-16(20)7-3-14)22-19(23)15-4-8-18(9-5-15)24-10-17-11-25-12-21-17/h2-9,11-13H,10H2,1H3,(H,22,23)/t13-/m1/s1. The monoisotopic (exact) mass is 356 g/mol. The molecule has 0 fully saturated rings. The number of ether oxygens (including phenoxy) is 1. The van der Waals surface area contributed by atoms with Crippen LogP contribution in [-0.2, 0) is 6.61 Å². The van der Waals surface area contributed by atoms with Crippen LogP contribution in [-0.4, -0.2) is 10.9 Å². The van der Waals surface area contributed by atoms with E-state index in [9.17, 15) is 9.18 Å². The molecule has 3 rings (SSSR count). The zero-order valence-corrected chi connectivity index (χ0v) is 14.4. The largest absolute Gasteiger partial charge is 0.487 e. The number of aromatic nitrogens is 1. The van der Waals surface area contributed by atoms with E-state index in [1.165, 1.54) is 23.5 Å². The maximum absolute atomic E-state index is 13.0. The average molecular weight is 356 g/mol. The number of nitrogens with zero attached hydrogens (tertiary/aromatic N) is 1. The Labute approximate surface area is 149 Å². The van der Waals surface area contributed by atoms with Crippen LogP contribution in [0.5, 0.6) is 5.75 Å². The SMILES string of the molecule is C[C@@H](NC(=O)c1ccc(OCc2cscn2)cc1)c1ccc(F)cc1. The van der Waals surface area contributed by atoms with Gasteiger partial charge in [-0.05, 0) is 48.9 Å². The van der Waals surface area contributed by atoms with Gasteiger partial charge in [0, 0.05) is 10.9 Å². The normalized spacial score (nSPS) is 11.8. The molecule has 4 nitrogen and oxygen atoms in total. The molecule has 2 aromatic carbocycles. The molecule has 0 saturated carbocycles. The minimum absolute atomic E-state index is 0.192. The minimum atomic E-state index is -0.296. The lowest BCUT2D eigenvalue weighted by Crippen LogP contribution is -2.26. The Hall–Kier alpha value is -2.73. The molecule has 3 aromatic rings. The first-order chi connectivity index (χ1) is 12.1. The second-order valence-corrected chi connectivity index (χ2v) is 6.26. The maximum Gasteiger partial charge on any atom is 0.251 e. The molecule has 1 heterocycles. The van der Waals surface area contributed by atoms with Crippen LogP contribution in [0.3, 0.4) is 0 Å². The summed E-state index contributed by atoms with van der Waals surface area (Å²) in [6, 6.07) is 12.8. The van der Waals surface area contributed by atoms with Gasteiger partial charge in [0.05, 0.1) is 17.2 Å². The summed E-state index contributed by atoms with van der Waals surface area (Å²) in [6.45, 7) is 2.26. The van der Waals surface area contributed by atoms with Gasteiger partial charge in [0.1, 0.15) is 18.2 Å². The van der Waals surface area contributed by atoms with E-state index in [1.54, 1.807) is 41.9 Å². The van der Waals surface area contributed by atoms with Gasteiger partial charge < -0.3 is 10.1 Å². The number of hydrogen-bond donors (Lipinski definition) is 1. The van der Waals surface area contributed by atoms with Gasteiger partial charge in [0.25, 0.3) is 5.91 Å². The summed E-state index contributed by atoms with van der Waals surface area (Å²) in [7, 11) is 0. The summed E-state index contributed by atoms with van der Waals surface area (Å²) in [4.78, 5) is 16.5. The zero-order valence-electron chi connectivity index (χ0n) is 13.6. The predicted molar refractivity (Wildman–Crippen MR) is 95.2 cm³/mol. The number of amides is 1. The second-order valence-electron chi connectivity index (χ2n) is 5.54. The highest BCUT2D eigenvalue weighted by Gasteiger charge is 2.11. The topological polar surface area (TPSA) is 51.2 Å². The molecule has 0 bridgehead atoms. The smallest absolute Gasteiger partial charge is 0.251 e. The van der Waals surface area contributed by atoms with Crippen molar-refractivity contribution >= 4 is 17.2 Å². The number of rotatable bonds is 6. The quantitative estimate of drug-likeness (QED) is 0.714. The molecule has 1 aromatic heterocycles. The lowest BCUT2D eigenvalue weighted by molar-refractivity contribution is 0.0940. The fraction of sp³-hybridized carbons (Fsp3) is 0.158. The molecule has 0 spiro atoms. The second kappa shape index (κ2) is 7.90. The van der Waals surface area contributed by atoms with E-state index in [-0.39, 0.29) is 17.8 Å². The van der Waals surface area contributed by atoms with E-state index in [2.05, 4.69) is 10.3 Å². The van der Waals surface area contributed by atoms with E-state index >= 15 is 0 Å². The Morgan fingerprint density at radius 3 is 2.56 bits per heavy atom. The van der Waals surface area contributed by atoms with Crippen molar-refractivity contribution in [3.05, 3.63) is 82.1 Å². The third-order valence-electron chi connectivity index (χ3n) is 3.70. The third-order valence-corrected chi connectivity index (χ3v) is 4.34. The Morgan fingerprint density at radius 2 is 1.92 bits per heavy atom. The molecule has 6 heteroatoms. The molecule has 0 unspecified atom stereocenters. The van der Waals surface area contributed by atoms with Gasteiger partial charge in [-0.25, -0.2) is 9.37 Å². The molecule has 0 saturated heterocycles.